The van der Waals surface area contributed by atoms with Gasteiger partial charge in [-0.2, -0.15) is 0 Å². The van der Waals surface area contributed by atoms with Gasteiger partial charge >= 0.3 is 6.09 Å². The zero-order chi connectivity index (χ0) is 19.9. The van der Waals surface area contributed by atoms with Crippen LogP contribution < -0.4 is 5.32 Å². The van der Waals surface area contributed by atoms with Crippen LogP contribution in [0.3, 0.4) is 0 Å². The lowest BCUT2D eigenvalue weighted by Gasteiger charge is -2.51. The molecule has 1 heterocycles. The van der Waals surface area contributed by atoms with E-state index in [1.54, 1.807) is 25.7 Å². The molecule has 1 saturated carbocycles. The summed E-state index contributed by atoms with van der Waals surface area (Å²) in [5, 5.41) is 2.67. The van der Waals surface area contributed by atoms with Crippen LogP contribution in [0.4, 0.5) is 13.6 Å². The molecule has 3 rings (SSSR count). The molecule has 5 nitrogen and oxygen atoms in total. The number of likely N-dealkylation sites (tertiary alicyclic amines) is 1. The van der Waals surface area contributed by atoms with E-state index in [9.17, 15) is 18.4 Å². The minimum atomic E-state index is -2.83. The quantitative estimate of drug-likeness (QED) is 0.866. The van der Waals surface area contributed by atoms with E-state index >= 15 is 0 Å². The molecule has 1 unspecified atom stereocenters. The molecule has 27 heavy (non-hydrogen) atoms. The Kier molecular flexibility index (Phi) is 4.91. The summed E-state index contributed by atoms with van der Waals surface area (Å²) in [7, 11) is 0. The van der Waals surface area contributed by atoms with E-state index < -0.39 is 36.0 Å². The Labute approximate surface area is 158 Å². The average Bonchev–Trinajstić information content (AvgIpc) is 2.85. The molecule has 1 atom stereocenters. The van der Waals surface area contributed by atoms with Gasteiger partial charge in [-0.05, 0) is 26.3 Å². The summed E-state index contributed by atoms with van der Waals surface area (Å²) in [6, 6.07) is 9.53. The van der Waals surface area contributed by atoms with Gasteiger partial charge in [0, 0.05) is 38.3 Å². The molecule has 2 amide bonds. The molecule has 1 aromatic carbocycles. The Morgan fingerprint density at radius 1 is 1.26 bits per heavy atom. The highest BCUT2D eigenvalue weighted by molar-refractivity contribution is 5.79. The average molecular weight is 380 g/mol. The van der Waals surface area contributed by atoms with E-state index in [-0.39, 0.29) is 18.2 Å². The fourth-order valence-corrected chi connectivity index (χ4v) is 3.96. The SMILES string of the molecule is CC(C)(C)OC(=O)NC1(C2CC(=O)N(Cc3ccccc3)C2)CC(F)(F)C1. The van der Waals surface area contributed by atoms with Crippen molar-refractivity contribution in [2.24, 2.45) is 5.92 Å². The normalized spacial score (nSPS) is 23.7. The number of alkyl halides is 2. The van der Waals surface area contributed by atoms with Crippen molar-refractivity contribution in [1.29, 1.82) is 0 Å². The predicted octanol–water partition coefficient (Wildman–Crippen LogP) is 3.73. The van der Waals surface area contributed by atoms with Gasteiger partial charge in [-0.25, -0.2) is 13.6 Å². The predicted molar refractivity (Wildman–Crippen MR) is 96.2 cm³/mol. The van der Waals surface area contributed by atoms with Crippen LogP contribution in [0, 0.1) is 5.92 Å². The van der Waals surface area contributed by atoms with Gasteiger partial charge in [0.1, 0.15) is 5.60 Å². The summed E-state index contributed by atoms with van der Waals surface area (Å²) < 4.78 is 32.7. The highest BCUT2D eigenvalue weighted by Crippen LogP contribution is 2.52. The third kappa shape index (κ3) is 4.57. The number of nitrogens with zero attached hydrogens (tertiary/aromatic N) is 1. The number of carbonyl (C=O) groups is 2. The molecule has 1 saturated heterocycles. The van der Waals surface area contributed by atoms with Crippen LogP contribution in [0.2, 0.25) is 0 Å². The van der Waals surface area contributed by atoms with E-state index in [1.807, 2.05) is 30.3 Å². The maximum absolute atomic E-state index is 13.7. The summed E-state index contributed by atoms with van der Waals surface area (Å²) in [6.07, 6.45) is -1.49. The third-order valence-corrected chi connectivity index (χ3v) is 5.11. The van der Waals surface area contributed by atoms with Crippen molar-refractivity contribution < 1.29 is 23.1 Å². The summed E-state index contributed by atoms with van der Waals surface area (Å²) in [5.41, 5.74) is -0.838. The van der Waals surface area contributed by atoms with Gasteiger partial charge in [-0.3, -0.25) is 4.79 Å². The van der Waals surface area contributed by atoms with Gasteiger partial charge in [0.15, 0.2) is 0 Å². The summed E-state index contributed by atoms with van der Waals surface area (Å²) in [6.45, 7) is 5.94. The highest BCUT2D eigenvalue weighted by Gasteiger charge is 2.62. The lowest BCUT2D eigenvalue weighted by atomic mass is 9.65. The first-order valence-electron chi connectivity index (χ1n) is 9.19. The standard InChI is InChI=1S/C20H26F2N2O3/c1-18(2,3)27-17(26)23-19(12-20(21,22)13-19)15-9-16(25)24(11-15)10-14-7-5-4-6-8-14/h4-8,15H,9-13H2,1-3H3,(H,23,26). The zero-order valence-electron chi connectivity index (χ0n) is 15.9. The van der Waals surface area contributed by atoms with Crippen LogP contribution in [0.5, 0.6) is 0 Å². The molecule has 1 N–H and O–H groups in total. The van der Waals surface area contributed by atoms with E-state index in [0.29, 0.717) is 13.1 Å². The summed E-state index contributed by atoms with van der Waals surface area (Å²) in [5.74, 6) is -3.27. The molecule has 1 aliphatic heterocycles. The van der Waals surface area contributed by atoms with Crippen molar-refractivity contribution in [3.05, 3.63) is 35.9 Å². The second kappa shape index (κ2) is 6.77. The van der Waals surface area contributed by atoms with Gasteiger partial charge in [0.05, 0.1) is 5.54 Å². The number of benzene rings is 1. The number of ether oxygens (including phenoxy) is 1. The van der Waals surface area contributed by atoms with Crippen molar-refractivity contribution in [2.45, 2.75) is 63.6 Å². The van der Waals surface area contributed by atoms with Crippen molar-refractivity contribution in [2.75, 3.05) is 6.54 Å². The first kappa shape index (κ1) is 19.6. The van der Waals surface area contributed by atoms with E-state index in [0.717, 1.165) is 5.56 Å². The largest absolute Gasteiger partial charge is 0.444 e. The van der Waals surface area contributed by atoms with E-state index in [4.69, 9.17) is 4.74 Å². The monoisotopic (exact) mass is 380 g/mol. The van der Waals surface area contributed by atoms with Crippen molar-refractivity contribution in [1.82, 2.24) is 10.2 Å². The molecular formula is C20H26F2N2O3. The van der Waals surface area contributed by atoms with Crippen molar-refractivity contribution in [3.8, 4) is 0 Å². The van der Waals surface area contributed by atoms with Crippen LogP contribution in [0.15, 0.2) is 30.3 Å². The van der Waals surface area contributed by atoms with Crippen LogP contribution >= 0.6 is 0 Å². The third-order valence-electron chi connectivity index (χ3n) is 5.11. The molecule has 2 aliphatic rings. The highest BCUT2D eigenvalue weighted by atomic mass is 19.3. The molecule has 1 aliphatic carbocycles. The Morgan fingerprint density at radius 2 is 1.89 bits per heavy atom. The second-order valence-corrected chi connectivity index (χ2v) is 8.65. The molecule has 0 aromatic heterocycles. The second-order valence-electron chi connectivity index (χ2n) is 8.65. The Bertz CT molecular complexity index is 708. The van der Waals surface area contributed by atoms with Crippen LogP contribution in [0.25, 0.3) is 0 Å². The molecule has 7 heteroatoms. The minimum Gasteiger partial charge on any atom is -0.444 e. The zero-order valence-corrected chi connectivity index (χ0v) is 15.9. The van der Waals surface area contributed by atoms with Gasteiger partial charge in [0.25, 0.3) is 5.92 Å². The van der Waals surface area contributed by atoms with E-state index in [1.165, 1.54) is 0 Å². The Hall–Kier alpha value is -2.18. The Morgan fingerprint density at radius 3 is 2.44 bits per heavy atom. The van der Waals surface area contributed by atoms with Gasteiger partial charge in [-0.1, -0.05) is 30.3 Å². The van der Waals surface area contributed by atoms with Crippen LogP contribution in [-0.4, -0.2) is 40.5 Å². The Balaban J connectivity index is 1.70. The minimum absolute atomic E-state index is 0.0792. The number of hydrogen-bond donors (Lipinski definition) is 1. The number of halogens is 2. The van der Waals surface area contributed by atoms with Crippen LogP contribution in [-0.2, 0) is 16.1 Å². The number of alkyl carbamates (subject to hydrolysis) is 1. The fourth-order valence-electron chi connectivity index (χ4n) is 3.96. The van der Waals surface area contributed by atoms with Crippen molar-refractivity contribution in [3.63, 3.8) is 0 Å². The lowest BCUT2D eigenvalue weighted by Crippen LogP contribution is -2.66. The molecule has 0 radical (unpaired) electrons. The number of amides is 2. The molecule has 148 valence electrons. The molecule has 0 spiro atoms. The topological polar surface area (TPSA) is 58.6 Å². The van der Waals surface area contributed by atoms with Gasteiger partial charge in [0.2, 0.25) is 5.91 Å². The molecular weight excluding hydrogens is 354 g/mol. The first-order chi connectivity index (χ1) is 12.5. The maximum atomic E-state index is 13.7. The van der Waals surface area contributed by atoms with Gasteiger partial charge < -0.3 is 15.0 Å². The summed E-state index contributed by atoms with van der Waals surface area (Å²) in [4.78, 5) is 26.3. The smallest absolute Gasteiger partial charge is 0.408 e. The maximum Gasteiger partial charge on any atom is 0.408 e. The summed E-state index contributed by atoms with van der Waals surface area (Å²) >= 11 is 0. The van der Waals surface area contributed by atoms with E-state index in [2.05, 4.69) is 5.32 Å². The van der Waals surface area contributed by atoms with Gasteiger partial charge in [-0.15, -0.1) is 0 Å². The lowest BCUT2D eigenvalue weighted by molar-refractivity contribution is -0.150. The first-order valence-corrected chi connectivity index (χ1v) is 9.19. The number of nitrogens with one attached hydrogen (secondary N) is 1. The fraction of sp³-hybridized carbons (Fsp3) is 0.600. The van der Waals surface area contributed by atoms with Crippen LogP contribution in [0.1, 0.15) is 45.6 Å². The number of rotatable bonds is 4. The van der Waals surface area contributed by atoms with Crippen molar-refractivity contribution >= 4 is 12.0 Å². The molecule has 0 bridgehead atoms. The molecule has 2 fully saturated rings. The number of hydrogen-bond acceptors (Lipinski definition) is 3. The number of carbonyl (C=O) groups excluding carboxylic acids is 2. The molecule has 1 aromatic rings.